The van der Waals surface area contributed by atoms with Gasteiger partial charge in [-0.05, 0) is 71.8 Å². The average molecular weight is 444 g/mol. The van der Waals surface area contributed by atoms with Crippen LogP contribution in [0.2, 0.25) is 0 Å². The minimum Gasteiger partial charge on any atom is -0.353 e. The molecular formula is C30H18F2N2. The summed E-state index contributed by atoms with van der Waals surface area (Å²) in [5, 5.41) is 2.00. The van der Waals surface area contributed by atoms with Crippen molar-refractivity contribution in [1.82, 2.24) is 9.97 Å². The van der Waals surface area contributed by atoms with E-state index >= 15 is 0 Å². The van der Waals surface area contributed by atoms with Gasteiger partial charge >= 0.3 is 0 Å². The van der Waals surface area contributed by atoms with Crippen molar-refractivity contribution in [3.8, 4) is 34.4 Å². The number of rotatable bonds is 2. The van der Waals surface area contributed by atoms with Crippen LogP contribution >= 0.6 is 0 Å². The minimum absolute atomic E-state index is 0.282. The number of benzene rings is 4. The van der Waals surface area contributed by atoms with Crippen LogP contribution in [-0.2, 0) is 0 Å². The largest absolute Gasteiger partial charge is 0.353 e. The summed E-state index contributed by atoms with van der Waals surface area (Å²) >= 11 is 0. The summed E-state index contributed by atoms with van der Waals surface area (Å²) in [5.41, 5.74) is 7.02. The van der Waals surface area contributed by atoms with Crippen molar-refractivity contribution in [1.29, 1.82) is 0 Å². The van der Waals surface area contributed by atoms with Crippen LogP contribution in [0.25, 0.3) is 44.3 Å². The smallest absolute Gasteiger partial charge is 0.123 e. The molecule has 4 heteroatoms. The Balaban J connectivity index is 1.58. The zero-order valence-electron chi connectivity index (χ0n) is 18.0. The molecule has 0 radical (unpaired) electrons. The highest BCUT2D eigenvalue weighted by Crippen LogP contribution is 2.32. The van der Waals surface area contributed by atoms with Gasteiger partial charge in [0.1, 0.15) is 11.6 Å². The van der Waals surface area contributed by atoms with Crippen molar-refractivity contribution in [2.24, 2.45) is 0 Å². The van der Waals surface area contributed by atoms with E-state index in [9.17, 15) is 8.78 Å². The Labute approximate surface area is 194 Å². The number of hydrogen-bond acceptors (Lipinski definition) is 0. The molecule has 0 saturated heterocycles. The predicted molar refractivity (Wildman–Crippen MR) is 133 cm³/mol. The maximum Gasteiger partial charge on any atom is 0.123 e. The third-order valence-corrected chi connectivity index (χ3v) is 5.99. The maximum absolute atomic E-state index is 13.6. The van der Waals surface area contributed by atoms with Crippen LogP contribution in [0.4, 0.5) is 8.78 Å². The summed E-state index contributed by atoms with van der Waals surface area (Å²) in [5.74, 6) is 6.23. The SMILES string of the molecule is Fc1ccc(-c2[nH]c3ccccc3c2C#Cc2c(-c3ccc(F)cc3)[nH]c3ccccc23)cc1. The highest BCUT2D eigenvalue weighted by Gasteiger charge is 2.14. The molecule has 2 heterocycles. The predicted octanol–water partition coefficient (Wildman–Crippen LogP) is 7.66. The number of aromatic nitrogens is 2. The van der Waals surface area contributed by atoms with Gasteiger partial charge in [-0.25, -0.2) is 8.78 Å². The maximum atomic E-state index is 13.6. The van der Waals surface area contributed by atoms with Crippen LogP contribution in [0.1, 0.15) is 11.1 Å². The number of H-pyrrole nitrogens is 2. The molecule has 0 aliphatic rings. The van der Waals surface area contributed by atoms with E-state index in [0.29, 0.717) is 0 Å². The molecule has 0 unspecified atom stereocenters. The van der Waals surface area contributed by atoms with Crippen LogP contribution in [0.15, 0.2) is 97.1 Å². The first-order valence-corrected chi connectivity index (χ1v) is 10.9. The first kappa shape index (κ1) is 20.0. The van der Waals surface area contributed by atoms with E-state index in [1.165, 1.54) is 24.3 Å². The van der Waals surface area contributed by atoms with Crippen molar-refractivity contribution in [2.75, 3.05) is 0 Å². The topological polar surface area (TPSA) is 31.6 Å². The Kier molecular flexibility index (Phi) is 4.75. The number of nitrogens with one attached hydrogen (secondary N) is 2. The third-order valence-electron chi connectivity index (χ3n) is 5.99. The first-order chi connectivity index (χ1) is 16.7. The van der Waals surface area contributed by atoms with Crippen molar-refractivity contribution >= 4 is 21.8 Å². The van der Waals surface area contributed by atoms with Gasteiger partial charge in [0, 0.05) is 21.8 Å². The molecular weight excluding hydrogens is 426 g/mol. The monoisotopic (exact) mass is 444 g/mol. The second kappa shape index (κ2) is 8.06. The Morgan fingerprint density at radius 2 is 0.853 bits per heavy atom. The fraction of sp³-hybridized carbons (Fsp3) is 0. The molecule has 6 rings (SSSR count). The second-order valence-corrected chi connectivity index (χ2v) is 8.10. The molecule has 2 N–H and O–H groups in total. The molecule has 0 atom stereocenters. The number of para-hydroxylation sites is 2. The lowest BCUT2D eigenvalue weighted by Gasteiger charge is -2.01. The molecule has 34 heavy (non-hydrogen) atoms. The highest BCUT2D eigenvalue weighted by molar-refractivity contribution is 5.97. The van der Waals surface area contributed by atoms with Crippen LogP contribution in [0, 0.1) is 23.5 Å². The molecule has 0 amide bonds. The second-order valence-electron chi connectivity index (χ2n) is 8.10. The molecule has 2 aromatic heterocycles. The standard InChI is InChI=1S/C30H18F2N2/c31-21-13-9-19(10-14-21)29-25(23-5-1-3-7-27(23)33-29)17-18-26-24-6-2-4-8-28(24)34-30(26)20-11-15-22(32)16-12-20/h1-16,33-34H. The Hall–Kier alpha value is -4.62. The van der Waals surface area contributed by atoms with Gasteiger partial charge in [0.15, 0.2) is 0 Å². The summed E-state index contributed by atoms with van der Waals surface area (Å²) < 4.78 is 27.1. The molecule has 0 bridgehead atoms. The van der Waals surface area contributed by atoms with Gasteiger partial charge in [0.2, 0.25) is 0 Å². The van der Waals surface area contributed by atoms with E-state index in [2.05, 4.69) is 21.8 Å². The van der Waals surface area contributed by atoms with E-state index in [1.54, 1.807) is 24.3 Å². The van der Waals surface area contributed by atoms with Crippen LogP contribution < -0.4 is 0 Å². The summed E-state index contributed by atoms with van der Waals surface area (Å²) in [6.07, 6.45) is 0. The molecule has 4 aromatic carbocycles. The lowest BCUT2D eigenvalue weighted by atomic mass is 10.0. The molecule has 162 valence electrons. The zero-order chi connectivity index (χ0) is 23.1. The number of aromatic amines is 2. The molecule has 0 aliphatic heterocycles. The summed E-state index contributed by atoms with van der Waals surface area (Å²) in [6.45, 7) is 0. The zero-order valence-corrected chi connectivity index (χ0v) is 18.0. The number of fused-ring (bicyclic) bond motifs is 2. The Bertz CT molecular complexity index is 1580. The van der Waals surface area contributed by atoms with Crippen LogP contribution in [0.3, 0.4) is 0 Å². The van der Waals surface area contributed by atoms with E-state index in [0.717, 1.165) is 55.4 Å². The van der Waals surface area contributed by atoms with Gasteiger partial charge < -0.3 is 9.97 Å². The fourth-order valence-electron chi connectivity index (χ4n) is 4.33. The van der Waals surface area contributed by atoms with Crippen molar-refractivity contribution < 1.29 is 8.78 Å². The molecule has 0 spiro atoms. The highest BCUT2D eigenvalue weighted by atomic mass is 19.1. The molecule has 0 aliphatic carbocycles. The Morgan fingerprint density at radius 1 is 0.471 bits per heavy atom. The lowest BCUT2D eigenvalue weighted by molar-refractivity contribution is 0.627. The molecule has 6 aromatic rings. The molecule has 2 nitrogen and oxygen atoms in total. The average Bonchev–Trinajstić information content (AvgIpc) is 3.42. The number of hydrogen-bond donors (Lipinski definition) is 2. The van der Waals surface area contributed by atoms with Gasteiger partial charge in [-0.15, -0.1) is 0 Å². The van der Waals surface area contributed by atoms with Crippen LogP contribution in [-0.4, -0.2) is 9.97 Å². The summed E-state index contributed by atoms with van der Waals surface area (Å²) in [4.78, 5) is 6.89. The van der Waals surface area contributed by atoms with E-state index in [1.807, 2.05) is 48.5 Å². The molecule has 0 fully saturated rings. The first-order valence-electron chi connectivity index (χ1n) is 10.9. The van der Waals surface area contributed by atoms with Gasteiger partial charge in [-0.3, -0.25) is 0 Å². The van der Waals surface area contributed by atoms with Gasteiger partial charge in [0.25, 0.3) is 0 Å². The van der Waals surface area contributed by atoms with Gasteiger partial charge in [0.05, 0.1) is 22.5 Å². The van der Waals surface area contributed by atoms with Gasteiger partial charge in [-0.1, -0.05) is 48.2 Å². The summed E-state index contributed by atoms with van der Waals surface area (Å²) in [6, 6.07) is 28.8. The van der Waals surface area contributed by atoms with E-state index in [4.69, 9.17) is 0 Å². The normalized spacial score (nSPS) is 11.0. The van der Waals surface area contributed by atoms with E-state index < -0.39 is 0 Å². The van der Waals surface area contributed by atoms with Gasteiger partial charge in [-0.2, -0.15) is 0 Å². The quantitative estimate of drug-likeness (QED) is 0.257. The van der Waals surface area contributed by atoms with Crippen LogP contribution in [0.5, 0.6) is 0 Å². The fourth-order valence-corrected chi connectivity index (χ4v) is 4.33. The number of halogens is 2. The van der Waals surface area contributed by atoms with Crippen molar-refractivity contribution in [2.45, 2.75) is 0 Å². The molecule has 0 saturated carbocycles. The Morgan fingerprint density at radius 3 is 1.26 bits per heavy atom. The minimum atomic E-state index is -0.282. The third kappa shape index (κ3) is 3.44. The summed E-state index contributed by atoms with van der Waals surface area (Å²) in [7, 11) is 0. The van der Waals surface area contributed by atoms with Crippen molar-refractivity contribution in [3.05, 3.63) is 120 Å². The van der Waals surface area contributed by atoms with E-state index in [-0.39, 0.29) is 11.6 Å². The lowest BCUT2D eigenvalue weighted by Crippen LogP contribution is -1.85. The van der Waals surface area contributed by atoms with Crippen molar-refractivity contribution in [3.63, 3.8) is 0 Å².